The summed E-state index contributed by atoms with van der Waals surface area (Å²) in [6.07, 6.45) is 0.926. The average Bonchev–Trinajstić information content (AvgIpc) is 2.05. The molecule has 0 N–H and O–H groups in total. The molecule has 51 valence electrons. The molecule has 0 fully saturated rings. The molecule has 1 aromatic rings. The third-order valence-electron chi connectivity index (χ3n) is 1.33. The largest absolute Gasteiger partial charge is 0.0843 e. The summed E-state index contributed by atoms with van der Waals surface area (Å²) in [6, 6.07) is 10.9. The van der Waals surface area contributed by atoms with Crippen molar-refractivity contribution in [3.63, 3.8) is 0 Å². The van der Waals surface area contributed by atoms with Gasteiger partial charge < -0.3 is 0 Å². The van der Waals surface area contributed by atoms with Crippen LogP contribution in [0.1, 0.15) is 18.9 Å². The Morgan fingerprint density at radius 1 is 1.60 bits per heavy atom. The molecule has 0 unspecified atom stereocenters. The molecular formula is C9H9S. The van der Waals surface area contributed by atoms with Crippen LogP contribution in [0.4, 0.5) is 0 Å². The van der Waals surface area contributed by atoms with Crippen molar-refractivity contribution < 1.29 is 0 Å². The molecule has 1 radical (unpaired) electrons. The van der Waals surface area contributed by atoms with E-state index in [-0.39, 0.29) is 0 Å². The first-order valence-corrected chi connectivity index (χ1v) is 3.75. The first-order valence-electron chi connectivity index (χ1n) is 3.34. The van der Waals surface area contributed by atoms with Crippen molar-refractivity contribution in [2.75, 3.05) is 0 Å². The van der Waals surface area contributed by atoms with E-state index in [1.165, 1.54) is 0 Å². The number of thiocarbonyl (C=S) groups is 1. The zero-order valence-electron chi connectivity index (χ0n) is 5.92. The van der Waals surface area contributed by atoms with E-state index >= 15 is 0 Å². The number of benzene rings is 1. The quantitative estimate of drug-likeness (QED) is 0.460. The molecule has 0 nitrogen and oxygen atoms in total. The molecular weight excluding hydrogens is 140 g/mol. The minimum absolute atomic E-state index is 0.926. The van der Waals surface area contributed by atoms with Crippen LogP contribution in [-0.4, -0.2) is 4.86 Å². The van der Waals surface area contributed by atoms with Gasteiger partial charge in [0.25, 0.3) is 0 Å². The Morgan fingerprint density at radius 2 is 2.40 bits per heavy atom. The molecule has 1 heteroatoms. The van der Waals surface area contributed by atoms with Gasteiger partial charge in [0, 0.05) is 4.86 Å². The highest BCUT2D eigenvalue weighted by atomic mass is 32.1. The Hall–Kier alpha value is -0.690. The van der Waals surface area contributed by atoms with E-state index in [0.29, 0.717) is 0 Å². The zero-order chi connectivity index (χ0) is 7.40. The summed E-state index contributed by atoms with van der Waals surface area (Å²) >= 11 is 5.09. The Labute approximate surface area is 66.9 Å². The topological polar surface area (TPSA) is 0 Å². The lowest BCUT2D eigenvalue weighted by Gasteiger charge is -1.96. The van der Waals surface area contributed by atoms with Gasteiger partial charge in [-0.1, -0.05) is 43.4 Å². The maximum absolute atomic E-state index is 5.09. The second-order valence-electron chi connectivity index (χ2n) is 2.05. The van der Waals surface area contributed by atoms with E-state index in [0.717, 1.165) is 16.8 Å². The fourth-order valence-corrected chi connectivity index (χ4v) is 0.884. The summed E-state index contributed by atoms with van der Waals surface area (Å²) < 4.78 is 0. The summed E-state index contributed by atoms with van der Waals surface area (Å²) in [6.45, 7) is 2.06. The van der Waals surface area contributed by atoms with Crippen LogP contribution in [0.5, 0.6) is 0 Å². The molecule has 0 amide bonds. The van der Waals surface area contributed by atoms with Gasteiger partial charge in [-0.15, -0.1) is 0 Å². The smallest absolute Gasteiger partial charge is 0.0228 e. The number of rotatable bonds is 2. The van der Waals surface area contributed by atoms with Crippen molar-refractivity contribution in [2.45, 2.75) is 13.3 Å². The Kier molecular flexibility index (Phi) is 2.57. The van der Waals surface area contributed by atoms with Crippen LogP contribution >= 0.6 is 12.2 Å². The Bertz CT molecular complexity index is 213. The van der Waals surface area contributed by atoms with E-state index in [9.17, 15) is 0 Å². The summed E-state index contributed by atoms with van der Waals surface area (Å²) in [4.78, 5) is 0.987. The third-order valence-corrected chi connectivity index (χ3v) is 1.84. The zero-order valence-corrected chi connectivity index (χ0v) is 6.74. The Balaban J connectivity index is 2.85. The van der Waals surface area contributed by atoms with Gasteiger partial charge in [0.05, 0.1) is 0 Å². The van der Waals surface area contributed by atoms with Crippen molar-refractivity contribution in [3.05, 3.63) is 35.9 Å². The summed E-state index contributed by atoms with van der Waals surface area (Å²) in [5.41, 5.74) is 1.06. The van der Waals surface area contributed by atoms with Gasteiger partial charge in [-0.25, -0.2) is 0 Å². The summed E-state index contributed by atoms with van der Waals surface area (Å²) in [7, 11) is 0. The van der Waals surface area contributed by atoms with Gasteiger partial charge >= 0.3 is 0 Å². The van der Waals surface area contributed by atoms with Gasteiger partial charge in [-0.2, -0.15) is 0 Å². The number of hydrogen-bond acceptors (Lipinski definition) is 1. The van der Waals surface area contributed by atoms with E-state index in [1.54, 1.807) is 0 Å². The van der Waals surface area contributed by atoms with Crippen LogP contribution in [0, 0.1) is 6.07 Å². The lowest BCUT2D eigenvalue weighted by atomic mass is 10.1. The second-order valence-corrected chi connectivity index (χ2v) is 2.55. The van der Waals surface area contributed by atoms with Gasteiger partial charge in [0.15, 0.2) is 0 Å². The average molecular weight is 149 g/mol. The molecule has 0 atom stereocenters. The van der Waals surface area contributed by atoms with Crippen LogP contribution in [0.25, 0.3) is 0 Å². The summed E-state index contributed by atoms with van der Waals surface area (Å²) in [5.74, 6) is 0. The lowest BCUT2D eigenvalue weighted by Crippen LogP contribution is -1.92. The van der Waals surface area contributed by atoms with Gasteiger partial charge in [-0.05, 0) is 18.1 Å². The first-order chi connectivity index (χ1) is 4.84. The van der Waals surface area contributed by atoms with Gasteiger partial charge in [-0.3, -0.25) is 0 Å². The normalized spacial score (nSPS) is 9.30. The molecule has 0 saturated heterocycles. The molecule has 0 aliphatic carbocycles. The molecule has 10 heavy (non-hydrogen) atoms. The monoisotopic (exact) mass is 149 g/mol. The SMILES string of the molecule is CCC(=S)c1[c]cccc1. The molecule has 0 heterocycles. The molecule has 0 spiro atoms. The van der Waals surface area contributed by atoms with E-state index in [2.05, 4.69) is 13.0 Å². The molecule has 1 aromatic carbocycles. The number of hydrogen-bond donors (Lipinski definition) is 0. The predicted molar refractivity (Wildman–Crippen MR) is 47.3 cm³/mol. The van der Waals surface area contributed by atoms with Crippen molar-refractivity contribution in [2.24, 2.45) is 0 Å². The molecule has 0 aromatic heterocycles. The van der Waals surface area contributed by atoms with Crippen LogP contribution in [-0.2, 0) is 0 Å². The van der Waals surface area contributed by atoms with Crippen molar-refractivity contribution in [3.8, 4) is 0 Å². The van der Waals surface area contributed by atoms with Crippen LogP contribution in [0.15, 0.2) is 24.3 Å². The molecule has 0 aliphatic rings. The fraction of sp³-hybridized carbons (Fsp3) is 0.222. The van der Waals surface area contributed by atoms with Crippen molar-refractivity contribution in [1.82, 2.24) is 0 Å². The van der Waals surface area contributed by atoms with Crippen LogP contribution < -0.4 is 0 Å². The van der Waals surface area contributed by atoms with Gasteiger partial charge in [0.2, 0.25) is 0 Å². The minimum atomic E-state index is 0.926. The standard InChI is InChI=1S/C9H9S/c1-2-9(10)8-6-4-3-5-7-8/h3-6H,2H2,1H3. The van der Waals surface area contributed by atoms with Crippen LogP contribution in [0.2, 0.25) is 0 Å². The fourth-order valence-electron chi connectivity index (χ4n) is 0.757. The van der Waals surface area contributed by atoms with Crippen LogP contribution in [0.3, 0.4) is 0 Å². The minimum Gasteiger partial charge on any atom is -0.0843 e. The second kappa shape index (κ2) is 3.47. The highest BCUT2D eigenvalue weighted by Crippen LogP contribution is 2.02. The summed E-state index contributed by atoms with van der Waals surface area (Å²) in [5, 5.41) is 0. The van der Waals surface area contributed by atoms with Crippen molar-refractivity contribution in [1.29, 1.82) is 0 Å². The lowest BCUT2D eigenvalue weighted by molar-refractivity contribution is 1.31. The molecule has 0 bridgehead atoms. The third kappa shape index (κ3) is 1.64. The molecule has 1 rings (SSSR count). The Morgan fingerprint density at radius 3 is 2.90 bits per heavy atom. The highest BCUT2D eigenvalue weighted by Gasteiger charge is 1.94. The molecule has 0 saturated carbocycles. The van der Waals surface area contributed by atoms with E-state index in [4.69, 9.17) is 12.2 Å². The van der Waals surface area contributed by atoms with E-state index < -0.39 is 0 Å². The maximum Gasteiger partial charge on any atom is 0.0228 e. The van der Waals surface area contributed by atoms with Crippen molar-refractivity contribution >= 4 is 17.1 Å². The van der Waals surface area contributed by atoms with E-state index in [1.807, 2.05) is 24.3 Å². The predicted octanol–water partition coefficient (Wildman–Crippen LogP) is 2.61. The molecule has 0 aliphatic heterocycles. The first kappa shape index (κ1) is 7.42. The highest BCUT2D eigenvalue weighted by molar-refractivity contribution is 7.80. The van der Waals surface area contributed by atoms with Gasteiger partial charge in [0.1, 0.15) is 0 Å². The maximum atomic E-state index is 5.09.